The highest BCUT2D eigenvalue weighted by Gasteiger charge is 2.49. The summed E-state index contributed by atoms with van der Waals surface area (Å²) >= 11 is 0. The van der Waals surface area contributed by atoms with Gasteiger partial charge >= 0.3 is 6.09 Å². The van der Waals surface area contributed by atoms with Crippen molar-refractivity contribution in [3.8, 4) is 22.4 Å². The monoisotopic (exact) mass is 917 g/mol. The molecular formula is C53H72N8O6. The van der Waals surface area contributed by atoms with Crippen molar-refractivity contribution in [1.29, 1.82) is 0 Å². The summed E-state index contributed by atoms with van der Waals surface area (Å²) in [5, 5.41) is 8.06. The second-order valence-corrected chi connectivity index (χ2v) is 19.8. The fourth-order valence-corrected chi connectivity index (χ4v) is 11.3. The van der Waals surface area contributed by atoms with E-state index < -0.39 is 12.1 Å². The summed E-state index contributed by atoms with van der Waals surface area (Å²) in [5.74, 6) is 2.56. The number of benzene rings is 3. The molecule has 2 saturated heterocycles. The van der Waals surface area contributed by atoms with Gasteiger partial charge in [-0.15, -0.1) is 0 Å². The van der Waals surface area contributed by atoms with Crippen LogP contribution in [-0.2, 0) is 36.7 Å². The molecule has 2 aliphatic heterocycles. The number of carbonyl (C=O) groups is 4. The van der Waals surface area contributed by atoms with Gasteiger partial charge in [0, 0.05) is 23.5 Å². The molecule has 9 rings (SSSR count). The van der Waals surface area contributed by atoms with E-state index in [-0.39, 0.29) is 35.2 Å². The standard InChI is InChI=1S/C44H55N7O.C7H13NO3.C2H4O2/c1-6-29-14-19-37(50(29)5)41-46-24-36(48-41)34-17-16-30(32-10-9-11-33(32)34)27-12-15-31-28(22-27)13-18-35-40(31)49-42(47-35)38-23-44(20-7-8-21-44)25-51(38)43(52)39(45-4)26(2)3;1-5(2)6(4-9)8-7(10)11-3;1-4-2-3/h12-13,15-18,22,24,26,29,37-39,45H,6-11,14,19-21,23,25H2,1-5H3,(H,46,48)(H,47,49);4-6H,1-3H3,(H,8,10);2H,1H3. The molecule has 360 valence electrons. The van der Waals surface area contributed by atoms with Gasteiger partial charge in [0.05, 0.1) is 61.3 Å². The summed E-state index contributed by atoms with van der Waals surface area (Å²) in [5.41, 5.74) is 10.3. The number of likely N-dealkylation sites (N-methyl/N-ethyl adjacent to an activating group) is 1. The van der Waals surface area contributed by atoms with Crippen LogP contribution in [0.3, 0.4) is 0 Å². The Labute approximate surface area is 395 Å². The highest BCUT2D eigenvalue weighted by molar-refractivity contribution is 6.05. The number of likely N-dealkylation sites (tertiary alicyclic amines) is 2. The van der Waals surface area contributed by atoms with Crippen molar-refractivity contribution in [1.82, 2.24) is 40.4 Å². The van der Waals surface area contributed by atoms with Crippen LogP contribution >= 0.6 is 0 Å². The summed E-state index contributed by atoms with van der Waals surface area (Å²) in [6, 6.07) is 16.3. The molecular weight excluding hydrogens is 845 g/mol. The molecule has 0 radical (unpaired) electrons. The van der Waals surface area contributed by atoms with Gasteiger partial charge in [-0.25, -0.2) is 14.8 Å². The maximum atomic E-state index is 14.0. The summed E-state index contributed by atoms with van der Waals surface area (Å²) in [4.78, 5) is 66.2. The zero-order chi connectivity index (χ0) is 48.0. The maximum absolute atomic E-state index is 14.0. The molecule has 5 unspecified atom stereocenters. The van der Waals surface area contributed by atoms with Crippen LogP contribution in [0.5, 0.6) is 0 Å². The molecule has 1 spiro atoms. The smallest absolute Gasteiger partial charge is 0.407 e. The molecule has 3 aromatic carbocycles. The lowest BCUT2D eigenvalue weighted by atomic mass is 9.84. The molecule has 2 aliphatic carbocycles. The first kappa shape index (κ1) is 49.3. The Bertz CT molecular complexity index is 2520. The third kappa shape index (κ3) is 10.3. The lowest BCUT2D eigenvalue weighted by Crippen LogP contribution is -2.48. The Morgan fingerprint density at radius 1 is 0.910 bits per heavy atom. The van der Waals surface area contributed by atoms with Gasteiger partial charge in [-0.2, -0.15) is 0 Å². The minimum absolute atomic E-state index is 0.0266. The van der Waals surface area contributed by atoms with Crippen molar-refractivity contribution in [3.63, 3.8) is 0 Å². The van der Waals surface area contributed by atoms with Gasteiger partial charge in [-0.1, -0.05) is 77.8 Å². The Kier molecular flexibility index (Phi) is 15.9. The number of H-pyrrole nitrogens is 2. The molecule has 2 aromatic heterocycles. The number of ether oxygens (including phenoxy) is 2. The van der Waals surface area contributed by atoms with E-state index in [0.29, 0.717) is 24.8 Å². The highest BCUT2D eigenvalue weighted by Crippen LogP contribution is 2.52. The largest absolute Gasteiger partial charge is 0.471 e. The van der Waals surface area contributed by atoms with Gasteiger partial charge in [-0.05, 0) is 129 Å². The number of carbonyl (C=O) groups excluding carboxylic acids is 4. The minimum atomic E-state index is -0.573. The number of aldehydes is 1. The summed E-state index contributed by atoms with van der Waals surface area (Å²) < 4.78 is 8.18. The van der Waals surface area contributed by atoms with Gasteiger partial charge in [0.15, 0.2) is 0 Å². The predicted molar refractivity (Wildman–Crippen MR) is 263 cm³/mol. The van der Waals surface area contributed by atoms with E-state index in [1.54, 1.807) is 0 Å². The van der Waals surface area contributed by atoms with Gasteiger partial charge in [0.25, 0.3) is 6.47 Å². The van der Waals surface area contributed by atoms with Crippen LogP contribution in [0.2, 0.25) is 0 Å². The number of amides is 2. The second kappa shape index (κ2) is 21.6. The van der Waals surface area contributed by atoms with Crippen molar-refractivity contribution in [2.24, 2.45) is 17.3 Å². The SMILES string of the molecule is CCC1CCC(c2ncc(-c3ccc(-c4ccc5c(ccc6[nH]c(C7CC8(CCCC8)CN7C(=O)C(NC)C(C)C)nc65)c4)c4c3CCC4)[nH]2)N1C.COC(=O)NC(C=O)C(C)C.COC=O. The average Bonchev–Trinajstić information content (AvgIpc) is 4.21. The number of fused-ring (bicyclic) bond motifs is 4. The summed E-state index contributed by atoms with van der Waals surface area (Å²) in [6.45, 7) is 11.4. The number of alkyl carbamates (subject to hydrolysis) is 1. The Morgan fingerprint density at radius 2 is 1.63 bits per heavy atom. The van der Waals surface area contributed by atoms with Crippen LogP contribution in [0.1, 0.15) is 127 Å². The summed E-state index contributed by atoms with van der Waals surface area (Å²) in [7, 11) is 6.74. The summed E-state index contributed by atoms with van der Waals surface area (Å²) in [6.07, 6.45) is 15.1. The van der Waals surface area contributed by atoms with E-state index in [4.69, 9.17) is 14.8 Å². The predicted octanol–water partition coefficient (Wildman–Crippen LogP) is 9.24. The van der Waals surface area contributed by atoms with Crippen molar-refractivity contribution in [2.75, 3.05) is 34.9 Å². The number of rotatable bonds is 12. The average molecular weight is 917 g/mol. The molecule has 3 fully saturated rings. The first-order chi connectivity index (χ1) is 32.3. The van der Waals surface area contributed by atoms with E-state index in [1.165, 1.54) is 98.8 Å². The zero-order valence-electron chi connectivity index (χ0n) is 41.0. The van der Waals surface area contributed by atoms with Crippen molar-refractivity contribution in [3.05, 3.63) is 71.4 Å². The van der Waals surface area contributed by atoms with Crippen LogP contribution in [0.15, 0.2) is 48.7 Å². The molecule has 2 amide bonds. The lowest BCUT2D eigenvalue weighted by Gasteiger charge is -2.30. The fourth-order valence-electron chi connectivity index (χ4n) is 11.3. The third-order valence-corrected chi connectivity index (χ3v) is 15.0. The first-order valence-electron chi connectivity index (χ1n) is 24.4. The topological polar surface area (TPSA) is 175 Å². The van der Waals surface area contributed by atoms with Crippen LogP contribution in [0, 0.1) is 17.3 Å². The molecule has 67 heavy (non-hydrogen) atoms. The van der Waals surface area contributed by atoms with E-state index in [0.717, 1.165) is 59.6 Å². The number of aromatic amines is 2. The van der Waals surface area contributed by atoms with Crippen molar-refractivity contribution < 1.29 is 28.7 Å². The highest BCUT2D eigenvalue weighted by atomic mass is 16.5. The minimum Gasteiger partial charge on any atom is -0.471 e. The second-order valence-electron chi connectivity index (χ2n) is 19.8. The normalized spacial score (nSPS) is 20.6. The number of hydrogen-bond acceptors (Lipinski definition) is 10. The number of methoxy groups -OCH3 is 2. The quantitative estimate of drug-likeness (QED) is 0.0884. The molecule has 5 atom stereocenters. The van der Waals surface area contributed by atoms with Crippen molar-refractivity contribution in [2.45, 2.75) is 135 Å². The Balaban J connectivity index is 0.000000386. The van der Waals surface area contributed by atoms with Crippen LogP contribution in [0.25, 0.3) is 44.2 Å². The molecule has 14 nitrogen and oxygen atoms in total. The molecule has 4 aliphatic rings. The van der Waals surface area contributed by atoms with Gasteiger partial charge in [-0.3, -0.25) is 14.5 Å². The number of hydrogen-bond donors (Lipinski definition) is 4. The van der Waals surface area contributed by atoms with Gasteiger partial charge in [0.1, 0.15) is 17.9 Å². The van der Waals surface area contributed by atoms with E-state index in [9.17, 15) is 14.4 Å². The molecule has 5 aromatic rings. The van der Waals surface area contributed by atoms with Gasteiger partial charge < -0.3 is 39.8 Å². The van der Waals surface area contributed by atoms with Crippen molar-refractivity contribution >= 4 is 46.6 Å². The molecule has 1 saturated carbocycles. The number of nitrogens with one attached hydrogen (secondary N) is 4. The molecule has 14 heteroatoms. The van der Waals surface area contributed by atoms with E-state index in [1.807, 2.05) is 20.9 Å². The van der Waals surface area contributed by atoms with Crippen LogP contribution in [0.4, 0.5) is 4.79 Å². The Morgan fingerprint density at radius 3 is 2.25 bits per heavy atom. The first-order valence-corrected chi connectivity index (χ1v) is 24.4. The van der Waals surface area contributed by atoms with E-state index >= 15 is 0 Å². The third-order valence-electron chi connectivity index (χ3n) is 15.0. The molecule has 4 heterocycles. The Hall–Kier alpha value is -5.60. The van der Waals surface area contributed by atoms with Gasteiger partial charge in [0.2, 0.25) is 5.91 Å². The lowest BCUT2D eigenvalue weighted by molar-refractivity contribution is -0.136. The van der Waals surface area contributed by atoms with E-state index in [2.05, 4.69) is 116 Å². The molecule has 0 bridgehead atoms. The van der Waals surface area contributed by atoms with Crippen LogP contribution < -0.4 is 10.6 Å². The molecule has 4 N–H and O–H groups in total. The van der Waals surface area contributed by atoms with Crippen LogP contribution in [-0.4, -0.2) is 107 Å². The number of nitrogens with zero attached hydrogens (tertiary/aromatic N) is 4. The fraction of sp³-hybridized carbons (Fsp3) is 0.547. The number of aromatic nitrogens is 4. The zero-order valence-corrected chi connectivity index (χ0v) is 41.0. The maximum Gasteiger partial charge on any atom is 0.407 e. The number of imidazole rings is 2.